The summed E-state index contributed by atoms with van der Waals surface area (Å²) >= 11 is 0. The van der Waals surface area contributed by atoms with E-state index in [1.54, 1.807) is 0 Å². The number of sulfone groups is 1. The standard InChI is InChI=1S/C11H15F3N2O2S/c1-2-19(17,18)6-5-16-8-3-4-10(15)9(7-8)11(12,13)14/h3-4,7,16H,2,5-6,15H2,1H3. The van der Waals surface area contributed by atoms with Crippen LogP contribution in [-0.4, -0.2) is 26.5 Å². The van der Waals surface area contributed by atoms with Crippen LogP contribution in [0.15, 0.2) is 18.2 Å². The van der Waals surface area contributed by atoms with Gasteiger partial charge < -0.3 is 11.1 Å². The fourth-order valence-electron chi connectivity index (χ4n) is 1.41. The molecule has 4 nitrogen and oxygen atoms in total. The highest BCUT2D eigenvalue weighted by Crippen LogP contribution is 2.35. The Labute approximate surface area is 109 Å². The number of hydrogen-bond acceptors (Lipinski definition) is 4. The van der Waals surface area contributed by atoms with Crippen LogP contribution in [0.3, 0.4) is 0 Å². The number of hydrogen-bond donors (Lipinski definition) is 2. The molecule has 1 aromatic carbocycles. The second-order valence-corrected chi connectivity index (χ2v) is 6.44. The van der Waals surface area contributed by atoms with E-state index >= 15 is 0 Å². The molecule has 0 spiro atoms. The van der Waals surface area contributed by atoms with Gasteiger partial charge in [-0.05, 0) is 18.2 Å². The summed E-state index contributed by atoms with van der Waals surface area (Å²) in [6, 6.07) is 3.39. The summed E-state index contributed by atoms with van der Waals surface area (Å²) in [6.07, 6.45) is -4.53. The summed E-state index contributed by atoms with van der Waals surface area (Å²) in [4.78, 5) is 0. The fourth-order valence-corrected chi connectivity index (χ4v) is 2.11. The van der Waals surface area contributed by atoms with Crippen molar-refractivity contribution in [2.45, 2.75) is 13.1 Å². The SMILES string of the molecule is CCS(=O)(=O)CCNc1ccc(N)c(C(F)(F)F)c1. The molecule has 0 aromatic heterocycles. The summed E-state index contributed by atoms with van der Waals surface area (Å²) in [5.41, 5.74) is 4.14. The van der Waals surface area contributed by atoms with Gasteiger partial charge in [0.1, 0.15) is 0 Å². The number of nitrogens with two attached hydrogens (primary N) is 1. The van der Waals surface area contributed by atoms with Gasteiger partial charge in [0.2, 0.25) is 0 Å². The van der Waals surface area contributed by atoms with E-state index in [2.05, 4.69) is 5.32 Å². The Hall–Kier alpha value is -1.44. The monoisotopic (exact) mass is 296 g/mol. The van der Waals surface area contributed by atoms with Crippen LogP contribution in [0.5, 0.6) is 0 Å². The lowest BCUT2D eigenvalue weighted by Crippen LogP contribution is -2.17. The van der Waals surface area contributed by atoms with Crippen LogP contribution in [0.4, 0.5) is 24.5 Å². The molecule has 19 heavy (non-hydrogen) atoms. The average molecular weight is 296 g/mol. The zero-order valence-corrected chi connectivity index (χ0v) is 11.1. The summed E-state index contributed by atoms with van der Waals surface area (Å²) in [5, 5.41) is 2.64. The van der Waals surface area contributed by atoms with Gasteiger partial charge in [0.15, 0.2) is 9.84 Å². The van der Waals surface area contributed by atoms with Crippen molar-refractivity contribution in [1.82, 2.24) is 0 Å². The van der Waals surface area contributed by atoms with E-state index in [0.717, 1.165) is 12.1 Å². The molecular formula is C11H15F3N2O2S. The number of benzene rings is 1. The first-order valence-corrected chi connectivity index (χ1v) is 7.39. The van der Waals surface area contributed by atoms with Gasteiger partial charge in [-0.3, -0.25) is 0 Å². The second-order valence-electron chi connectivity index (χ2n) is 3.96. The summed E-state index contributed by atoms with van der Waals surface area (Å²) < 4.78 is 60.2. The molecule has 0 aliphatic rings. The molecule has 8 heteroatoms. The maximum atomic E-state index is 12.6. The Bertz CT molecular complexity index is 541. The van der Waals surface area contributed by atoms with Gasteiger partial charge in [-0.15, -0.1) is 0 Å². The fraction of sp³-hybridized carbons (Fsp3) is 0.455. The van der Waals surface area contributed by atoms with Gasteiger partial charge in [0.25, 0.3) is 0 Å². The lowest BCUT2D eigenvalue weighted by atomic mass is 10.1. The van der Waals surface area contributed by atoms with E-state index in [1.807, 2.05) is 0 Å². The first kappa shape index (κ1) is 15.6. The van der Waals surface area contributed by atoms with Crippen molar-refractivity contribution in [3.8, 4) is 0 Å². The van der Waals surface area contributed by atoms with Crippen molar-refractivity contribution in [3.05, 3.63) is 23.8 Å². The molecule has 108 valence electrons. The maximum absolute atomic E-state index is 12.6. The maximum Gasteiger partial charge on any atom is 0.418 e. The highest BCUT2D eigenvalue weighted by molar-refractivity contribution is 7.91. The Morgan fingerprint density at radius 2 is 1.95 bits per heavy atom. The van der Waals surface area contributed by atoms with Gasteiger partial charge in [-0.2, -0.15) is 13.2 Å². The Morgan fingerprint density at radius 3 is 2.47 bits per heavy atom. The lowest BCUT2D eigenvalue weighted by molar-refractivity contribution is -0.136. The van der Waals surface area contributed by atoms with Crippen molar-refractivity contribution in [3.63, 3.8) is 0 Å². The first-order valence-electron chi connectivity index (χ1n) is 5.56. The van der Waals surface area contributed by atoms with Gasteiger partial charge in [-0.1, -0.05) is 6.92 Å². The normalized spacial score (nSPS) is 12.4. The zero-order chi connectivity index (χ0) is 14.7. The minimum absolute atomic E-state index is 0.00419. The number of nitrogen functional groups attached to an aromatic ring is 1. The van der Waals surface area contributed by atoms with E-state index in [4.69, 9.17) is 5.73 Å². The molecule has 0 heterocycles. The van der Waals surface area contributed by atoms with E-state index in [-0.39, 0.29) is 29.4 Å². The lowest BCUT2D eigenvalue weighted by Gasteiger charge is -2.13. The third-order valence-corrected chi connectivity index (χ3v) is 4.25. The second kappa shape index (κ2) is 5.68. The first-order chi connectivity index (χ1) is 8.65. The molecule has 0 saturated carbocycles. The molecule has 3 N–H and O–H groups in total. The molecule has 1 rings (SSSR count). The third-order valence-electron chi connectivity index (χ3n) is 2.54. The molecule has 1 aromatic rings. The highest BCUT2D eigenvalue weighted by atomic mass is 32.2. The molecule has 0 radical (unpaired) electrons. The molecule has 0 unspecified atom stereocenters. The topological polar surface area (TPSA) is 72.2 Å². The van der Waals surface area contributed by atoms with Gasteiger partial charge in [0, 0.05) is 23.7 Å². The number of nitrogens with one attached hydrogen (secondary N) is 1. The largest absolute Gasteiger partial charge is 0.418 e. The summed E-state index contributed by atoms with van der Waals surface area (Å²) in [7, 11) is -3.15. The van der Waals surface area contributed by atoms with Crippen LogP contribution in [0, 0.1) is 0 Å². The highest BCUT2D eigenvalue weighted by Gasteiger charge is 2.33. The molecule has 0 saturated heterocycles. The Balaban J connectivity index is 2.76. The molecule has 0 amide bonds. The van der Waals surface area contributed by atoms with E-state index in [0.29, 0.717) is 0 Å². The predicted octanol–water partition coefficient (Wildman–Crippen LogP) is 2.13. The molecule has 0 aliphatic heterocycles. The number of anilines is 2. The van der Waals surface area contributed by atoms with Crippen molar-refractivity contribution < 1.29 is 21.6 Å². The van der Waals surface area contributed by atoms with Gasteiger partial charge >= 0.3 is 6.18 Å². The Morgan fingerprint density at radius 1 is 1.32 bits per heavy atom. The van der Waals surface area contributed by atoms with Gasteiger partial charge in [-0.25, -0.2) is 8.42 Å². The predicted molar refractivity (Wildman–Crippen MR) is 68.7 cm³/mol. The minimum Gasteiger partial charge on any atom is -0.398 e. The molecular weight excluding hydrogens is 281 g/mol. The average Bonchev–Trinajstić information content (AvgIpc) is 2.30. The minimum atomic E-state index is -4.53. The van der Waals surface area contributed by atoms with Crippen LogP contribution < -0.4 is 11.1 Å². The quantitative estimate of drug-likeness (QED) is 0.817. The van der Waals surface area contributed by atoms with E-state index in [1.165, 1.54) is 13.0 Å². The van der Waals surface area contributed by atoms with Crippen LogP contribution in [-0.2, 0) is 16.0 Å². The molecule has 0 bridgehead atoms. The van der Waals surface area contributed by atoms with Crippen molar-refractivity contribution >= 4 is 21.2 Å². The van der Waals surface area contributed by atoms with Crippen LogP contribution in [0.25, 0.3) is 0 Å². The van der Waals surface area contributed by atoms with E-state index < -0.39 is 21.6 Å². The van der Waals surface area contributed by atoms with Crippen LogP contribution in [0.1, 0.15) is 12.5 Å². The van der Waals surface area contributed by atoms with Crippen molar-refractivity contribution in [2.75, 3.05) is 29.1 Å². The number of rotatable bonds is 5. The molecule has 0 atom stereocenters. The number of halogens is 3. The Kier molecular flexibility index (Phi) is 4.67. The smallest absolute Gasteiger partial charge is 0.398 e. The van der Waals surface area contributed by atoms with Crippen molar-refractivity contribution in [1.29, 1.82) is 0 Å². The summed E-state index contributed by atoms with van der Waals surface area (Å²) in [5.74, 6) is -0.126. The van der Waals surface area contributed by atoms with Crippen LogP contribution in [0.2, 0.25) is 0 Å². The third kappa shape index (κ3) is 4.62. The zero-order valence-electron chi connectivity index (χ0n) is 10.3. The van der Waals surface area contributed by atoms with Crippen LogP contribution >= 0.6 is 0 Å². The molecule has 0 fully saturated rings. The van der Waals surface area contributed by atoms with Crippen molar-refractivity contribution in [2.24, 2.45) is 0 Å². The summed E-state index contributed by atoms with van der Waals surface area (Å²) in [6.45, 7) is 1.57. The van der Waals surface area contributed by atoms with E-state index in [9.17, 15) is 21.6 Å². The molecule has 0 aliphatic carbocycles. The van der Waals surface area contributed by atoms with Gasteiger partial charge in [0.05, 0.1) is 11.3 Å². The number of alkyl halides is 3.